The third-order valence-corrected chi connectivity index (χ3v) is 10.4. The second kappa shape index (κ2) is 7.60. The number of hydrogen-bond donors (Lipinski definition) is 1. The molecular weight excluding hydrogens is 348 g/mol. The van der Waals surface area contributed by atoms with Gasteiger partial charge in [0.15, 0.2) is 6.10 Å². The third kappa shape index (κ3) is 3.15. The standard InChI is InChI=1S/C25H42O3/c1-16(15-22(26)23(27)28-4)19-10-11-20-18-9-8-17-7-5-6-13-24(17,2)21(18)12-14-25(19,20)3/h16-22,26H,5-15H2,1-4H3/t16-,17+,18+,19-,20+,21+,22?,24+,25-/m1/s1. The summed E-state index contributed by atoms with van der Waals surface area (Å²) in [4.78, 5) is 11.7. The van der Waals surface area contributed by atoms with Crippen molar-refractivity contribution in [1.29, 1.82) is 0 Å². The average Bonchev–Trinajstić information content (AvgIpc) is 3.04. The van der Waals surface area contributed by atoms with Crippen molar-refractivity contribution in [2.24, 2.45) is 46.3 Å². The van der Waals surface area contributed by atoms with E-state index in [1.807, 2.05) is 0 Å². The summed E-state index contributed by atoms with van der Waals surface area (Å²) >= 11 is 0. The predicted molar refractivity (Wildman–Crippen MR) is 112 cm³/mol. The summed E-state index contributed by atoms with van der Waals surface area (Å²) in [6, 6.07) is 0. The number of rotatable bonds is 4. The molecule has 4 fully saturated rings. The third-order valence-electron chi connectivity index (χ3n) is 10.4. The fourth-order valence-electron chi connectivity index (χ4n) is 9.02. The average molecular weight is 391 g/mol. The van der Waals surface area contributed by atoms with E-state index in [9.17, 15) is 9.90 Å². The van der Waals surface area contributed by atoms with E-state index in [-0.39, 0.29) is 0 Å². The molecule has 4 saturated carbocycles. The molecule has 1 unspecified atom stereocenters. The van der Waals surface area contributed by atoms with Crippen LogP contribution in [-0.2, 0) is 9.53 Å². The first-order valence-electron chi connectivity index (χ1n) is 12.1. The minimum absolute atomic E-state index is 0.377. The second-order valence-corrected chi connectivity index (χ2v) is 11.4. The zero-order valence-corrected chi connectivity index (χ0v) is 18.6. The molecule has 0 spiro atoms. The van der Waals surface area contributed by atoms with E-state index in [0.29, 0.717) is 29.1 Å². The zero-order valence-electron chi connectivity index (χ0n) is 18.6. The molecule has 0 aromatic carbocycles. The monoisotopic (exact) mass is 390 g/mol. The molecule has 9 atom stereocenters. The van der Waals surface area contributed by atoms with E-state index < -0.39 is 12.1 Å². The van der Waals surface area contributed by atoms with Gasteiger partial charge in [0.25, 0.3) is 0 Å². The quantitative estimate of drug-likeness (QED) is 0.636. The maximum atomic E-state index is 11.7. The van der Waals surface area contributed by atoms with Gasteiger partial charge in [0.1, 0.15) is 0 Å². The van der Waals surface area contributed by atoms with Crippen LogP contribution >= 0.6 is 0 Å². The Labute approximate surface area is 172 Å². The van der Waals surface area contributed by atoms with Crippen molar-refractivity contribution < 1.29 is 14.6 Å². The Bertz CT molecular complexity index is 588. The van der Waals surface area contributed by atoms with Gasteiger partial charge in [0.05, 0.1) is 7.11 Å². The first-order valence-corrected chi connectivity index (χ1v) is 12.1. The smallest absolute Gasteiger partial charge is 0.334 e. The fraction of sp³-hybridized carbons (Fsp3) is 0.960. The Balaban J connectivity index is 1.50. The van der Waals surface area contributed by atoms with Crippen LogP contribution in [0, 0.1) is 46.3 Å². The molecular formula is C25H42O3. The van der Waals surface area contributed by atoms with Gasteiger partial charge in [0, 0.05) is 0 Å². The van der Waals surface area contributed by atoms with Crippen molar-refractivity contribution in [3.8, 4) is 0 Å². The normalized spacial score (nSPS) is 47.4. The molecule has 0 saturated heterocycles. The van der Waals surface area contributed by atoms with Crippen LogP contribution in [-0.4, -0.2) is 24.3 Å². The Hall–Kier alpha value is -0.570. The van der Waals surface area contributed by atoms with E-state index in [1.54, 1.807) is 0 Å². The van der Waals surface area contributed by atoms with Crippen molar-refractivity contribution in [2.75, 3.05) is 7.11 Å². The van der Waals surface area contributed by atoms with Crippen LogP contribution in [0.5, 0.6) is 0 Å². The van der Waals surface area contributed by atoms with Gasteiger partial charge in [-0.3, -0.25) is 0 Å². The van der Waals surface area contributed by atoms with Crippen LogP contribution in [0.25, 0.3) is 0 Å². The van der Waals surface area contributed by atoms with Crippen LogP contribution in [0.3, 0.4) is 0 Å². The highest BCUT2D eigenvalue weighted by Gasteiger charge is 2.60. The molecule has 4 rings (SSSR count). The molecule has 0 aliphatic heterocycles. The largest absolute Gasteiger partial charge is 0.467 e. The molecule has 0 heterocycles. The molecule has 0 aromatic rings. The molecule has 0 amide bonds. The summed E-state index contributed by atoms with van der Waals surface area (Å²) in [5, 5.41) is 10.2. The summed E-state index contributed by atoms with van der Waals surface area (Å²) in [5.41, 5.74) is 1.00. The number of ether oxygens (including phenoxy) is 1. The van der Waals surface area contributed by atoms with Crippen LogP contribution in [0.4, 0.5) is 0 Å². The number of aliphatic hydroxyl groups excluding tert-OH is 1. The molecule has 0 bridgehead atoms. The Morgan fingerprint density at radius 2 is 1.75 bits per heavy atom. The number of carbonyl (C=O) groups excluding carboxylic acids is 1. The lowest BCUT2D eigenvalue weighted by atomic mass is 9.44. The van der Waals surface area contributed by atoms with Gasteiger partial charge in [-0.15, -0.1) is 0 Å². The molecule has 1 N–H and O–H groups in total. The molecule has 0 radical (unpaired) electrons. The van der Waals surface area contributed by atoms with Gasteiger partial charge >= 0.3 is 5.97 Å². The Kier molecular flexibility index (Phi) is 5.61. The first-order chi connectivity index (χ1) is 13.3. The van der Waals surface area contributed by atoms with Crippen molar-refractivity contribution in [2.45, 2.75) is 97.5 Å². The van der Waals surface area contributed by atoms with Crippen LogP contribution in [0.1, 0.15) is 91.4 Å². The number of fused-ring (bicyclic) bond motifs is 5. The SMILES string of the molecule is COC(=O)C(O)C[C@@H](C)[C@H]1CC[C@H]2[C@@H]3CC[C@@H]4CCCC[C@]4(C)[C@H]3CC[C@]12C. The van der Waals surface area contributed by atoms with Gasteiger partial charge in [-0.05, 0) is 104 Å². The zero-order chi connectivity index (χ0) is 20.1. The number of carbonyl (C=O) groups is 1. The van der Waals surface area contributed by atoms with Crippen molar-refractivity contribution in [1.82, 2.24) is 0 Å². The molecule has 3 nitrogen and oxygen atoms in total. The van der Waals surface area contributed by atoms with Crippen molar-refractivity contribution in [3.63, 3.8) is 0 Å². The molecule has 0 aromatic heterocycles. The van der Waals surface area contributed by atoms with E-state index in [0.717, 1.165) is 23.7 Å². The summed E-state index contributed by atoms with van der Waals surface area (Å²) in [7, 11) is 1.37. The van der Waals surface area contributed by atoms with Gasteiger partial charge in [0.2, 0.25) is 0 Å². The molecule has 4 aliphatic carbocycles. The van der Waals surface area contributed by atoms with Crippen LogP contribution in [0.15, 0.2) is 0 Å². The molecule has 3 heteroatoms. The highest BCUT2D eigenvalue weighted by Crippen LogP contribution is 2.68. The highest BCUT2D eigenvalue weighted by molar-refractivity contribution is 5.74. The van der Waals surface area contributed by atoms with Gasteiger partial charge in [-0.1, -0.05) is 33.6 Å². The van der Waals surface area contributed by atoms with Gasteiger partial charge in [-0.25, -0.2) is 4.79 Å². The summed E-state index contributed by atoms with van der Waals surface area (Å²) in [5.74, 6) is 4.24. The maximum Gasteiger partial charge on any atom is 0.334 e. The number of hydrogen-bond acceptors (Lipinski definition) is 3. The fourth-order valence-corrected chi connectivity index (χ4v) is 9.02. The first kappa shape index (κ1) is 20.7. The number of esters is 1. The van der Waals surface area contributed by atoms with Gasteiger partial charge < -0.3 is 9.84 Å². The van der Waals surface area contributed by atoms with Crippen molar-refractivity contribution in [3.05, 3.63) is 0 Å². The number of methoxy groups -OCH3 is 1. The minimum atomic E-state index is -0.962. The molecule has 4 aliphatic rings. The molecule has 160 valence electrons. The van der Waals surface area contributed by atoms with Crippen molar-refractivity contribution >= 4 is 5.97 Å². The highest BCUT2D eigenvalue weighted by atomic mass is 16.5. The van der Waals surface area contributed by atoms with Crippen LogP contribution < -0.4 is 0 Å². The van der Waals surface area contributed by atoms with E-state index in [2.05, 4.69) is 20.8 Å². The summed E-state index contributed by atoms with van der Waals surface area (Å²) in [6.07, 6.45) is 13.8. The minimum Gasteiger partial charge on any atom is -0.467 e. The van der Waals surface area contributed by atoms with Gasteiger partial charge in [-0.2, -0.15) is 0 Å². The predicted octanol–water partition coefficient (Wildman–Crippen LogP) is 5.60. The second-order valence-electron chi connectivity index (χ2n) is 11.4. The van der Waals surface area contributed by atoms with E-state index in [1.165, 1.54) is 71.3 Å². The lowest BCUT2D eigenvalue weighted by Gasteiger charge is -2.61. The van der Waals surface area contributed by atoms with Crippen LogP contribution in [0.2, 0.25) is 0 Å². The molecule has 28 heavy (non-hydrogen) atoms. The summed E-state index contributed by atoms with van der Waals surface area (Å²) < 4.78 is 4.75. The lowest BCUT2D eigenvalue weighted by Crippen LogP contribution is -2.53. The topological polar surface area (TPSA) is 46.5 Å². The van der Waals surface area contributed by atoms with E-state index in [4.69, 9.17) is 4.74 Å². The summed E-state index contributed by atoms with van der Waals surface area (Å²) in [6.45, 7) is 7.47. The number of aliphatic hydroxyl groups is 1. The van der Waals surface area contributed by atoms with E-state index >= 15 is 0 Å². The Morgan fingerprint density at radius 3 is 2.50 bits per heavy atom. The Morgan fingerprint density at radius 1 is 1.00 bits per heavy atom. The maximum absolute atomic E-state index is 11.7. The lowest BCUT2D eigenvalue weighted by molar-refractivity contribution is -0.152.